The van der Waals surface area contributed by atoms with E-state index in [2.05, 4.69) is 10.1 Å². The summed E-state index contributed by atoms with van der Waals surface area (Å²) in [5.74, 6) is -0.153. The monoisotopic (exact) mass is 323 g/mol. The molecular formula is C16H16F3N3O. The van der Waals surface area contributed by atoms with Gasteiger partial charge < -0.3 is 0 Å². The number of nitrogens with zero attached hydrogens (tertiary/aromatic N) is 3. The summed E-state index contributed by atoms with van der Waals surface area (Å²) < 4.78 is 39.7. The highest BCUT2D eigenvalue weighted by atomic mass is 19.4. The molecule has 23 heavy (non-hydrogen) atoms. The van der Waals surface area contributed by atoms with E-state index in [0.29, 0.717) is 35.4 Å². The lowest BCUT2D eigenvalue weighted by Gasteiger charge is -2.30. The quantitative estimate of drug-likeness (QED) is 0.845. The third-order valence-corrected chi connectivity index (χ3v) is 4.13. The SMILES string of the molecule is CC1(C)CCC(=O)c2c(-c3ccncc3)nn(CC(F)(F)F)c21. The van der Waals surface area contributed by atoms with Crippen LogP contribution in [0.25, 0.3) is 11.3 Å². The number of carbonyl (C=O) groups is 1. The van der Waals surface area contributed by atoms with Crippen molar-refractivity contribution >= 4 is 5.78 Å². The molecule has 0 N–H and O–H groups in total. The number of halogens is 3. The normalized spacial score (nSPS) is 17.2. The van der Waals surface area contributed by atoms with Gasteiger partial charge in [-0.05, 0) is 18.6 Å². The number of alkyl halides is 3. The second-order valence-corrected chi connectivity index (χ2v) is 6.39. The fourth-order valence-corrected chi connectivity index (χ4v) is 3.08. The van der Waals surface area contributed by atoms with E-state index < -0.39 is 18.1 Å². The number of Topliss-reactive ketones (excluding diaryl/α,β-unsaturated/α-hetero) is 1. The number of hydrogen-bond donors (Lipinski definition) is 0. The van der Waals surface area contributed by atoms with E-state index in [4.69, 9.17) is 0 Å². The summed E-state index contributed by atoms with van der Waals surface area (Å²) >= 11 is 0. The van der Waals surface area contributed by atoms with Crippen LogP contribution < -0.4 is 0 Å². The molecule has 0 unspecified atom stereocenters. The summed E-state index contributed by atoms with van der Waals surface area (Å²) in [5, 5.41) is 4.14. The molecule has 0 saturated carbocycles. The molecule has 1 aliphatic carbocycles. The largest absolute Gasteiger partial charge is 0.408 e. The van der Waals surface area contributed by atoms with Crippen LogP contribution in [-0.4, -0.2) is 26.7 Å². The van der Waals surface area contributed by atoms with E-state index in [1.54, 1.807) is 12.1 Å². The van der Waals surface area contributed by atoms with Crippen LogP contribution in [0, 0.1) is 0 Å². The lowest BCUT2D eigenvalue weighted by atomic mass is 9.75. The van der Waals surface area contributed by atoms with Crippen molar-refractivity contribution in [2.75, 3.05) is 0 Å². The molecule has 3 rings (SSSR count). The molecule has 2 aromatic rings. The fourth-order valence-electron chi connectivity index (χ4n) is 3.08. The van der Waals surface area contributed by atoms with Crippen LogP contribution in [-0.2, 0) is 12.0 Å². The lowest BCUT2D eigenvalue weighted by Crippen LogP contribution is -2.32. The Morgan fingerprint density at radius 1 is 1.26 bits per heavy atom. The minimum Gasteiger partial charge on any atom is -0.294 e. The van der Waals surface area contributed by atoms with E-state index >= 15 is 0 Å². The molecule has 0 bridgehead atoms. The highest BCUT2D eigenvalue weighted by Crippen LogP contribution is 2.41. The standard InChI is InChI=1S/C16H16F3N3O/c1-15(2)6-3-11(23)12-13(10-4-7-20-8-5-10)21-22(14(12)15)9-16(17,18)19/h4-5,7-8H,3,6,9H2,1-2H3. The first-order chi connectivity index (χ1) is 10.7. The number of pyridine rings is 1. The summed E-state index contributed by atoms with van der Waals surface area (Å²) in [6.45, 7) is 2.50. The summed E-state index contributed by atoms with van der Waals surface area (Å²) in [7, 11) is 0. The van der Waals surface area contributed by atoms with Gasteiger partial charge in [-0.15, -0.1) is 0 Å². The van der Waals surface area contributed by atoms with E-state index in [1.807, 2.05) is 13.8 Å². The smallest absolute Gasteiger partial charge is 0.294 e. The Kier molecular flexibility index (Phi) is 3.54. The van der Waals surface area contributed by atoms with Crippen LogP contribution in [0.1, 0.15) is 42.7 Å². The molecular weight excluding hydrogens is 307 g/mol. The van der Waals surface area contributed by atoms with Crippen LogP contribution in [0.5, 0.6) is 0 Å². The third kappa shape index (κ3) is 2.87. The van der Waals surface area contributed by atoms with Crippen molar-refractivity contribution in [3.8, 4) is 11.3 Å². The molecule has 0 radical (unpaired) electrons. The Balaban J connectivity index is 2.25. The molecule has 4 nitrogen and oxygen atoms in total. The zero-order chi connectivity index (χ0) is 16.8. The number of rotatable bonds is 2. The Hall–Kier alpha value is -2.18. The van der Waals surface area contributed by atoms with Gasteiger partial charge in [0.15, 0.2) is 5.78 Å². The van der Waals surface area contributed by atoms with Gasteiger partial charge in [0.1, 0.15) is 12.2 Å². The predicted octanol–water partition coefficient (Wildman–Crippen LogP) is 3.76. The summed E-state index contributed by atoms with van der Waals surface area (Å²) in [6.07, 6.45) is -0.508. The van der Waals surface area contributed by atoms with Crippen LogP contribution in [0.15, 0.2) is 24.5 Å². The third-order valence-electron chi connectivity index (χ3n) is 4.13. The molecule has 0 saturated heterocycles. The molecule has 0 aliphatic heterocycles. The fraction of sp³-hybridized carbons (Fsp3) is 0.438. The molecule has 1 aliphatic rings. The van der Waals surface area contributed by atoms with Crippen molar-refractivity contribution in [1.82, 2.24) is 14.8 Å². The highest BCUT2D eigenvalue weighted by molar-refractivity contribution is 6.04. The minimum absolute atomic E-state index is 0.153. The molecule has 2 heterocycles. The molecule has 0 aromatic carbocycles. The number of hydrogen-bond acceptors (Lipinski definition) is 3. The number of fused-ring (bicyclic) bond motifs is 1. The van der Waals surface area contributed by atoms with Gasteiger partial charge in [-0.25, -0.2) is 0 Å². The first-order valence-electron chi connectivity index (χ1n) is 7.31. The van der Waals surface area contributed by atoms with E-state index in [-0.39, 0.29) is 5.78 Å². The van der Waals surface area contributed by atoms with Crippen LogP contribution >= 0.6 is 0 Å². The Morgan fingerprint density at radius 3 is 2.52 bits per heavy atom. The molecule has 0 atom stereocenters. The molecule has 2 aromatic heterocycles. The topological polar surface area (TPSA) is 47.8 Å². The van der Waals surface area contributed by atoms with E-state index in [1.165, 1.54) is 12.4 Å². The maximum absolute atomic E-state index is 12.9. The predicted molar refractivity (Wildman–Crippen MR) is 78.1 cm³/mol. The maximum atomic E-state index is 12.9. The Labute approximate surface area is 131 Å². The van der Waals surface area contributed by atoms with Crippen molar-refractivity contribution in [3.63, 3.8) is 0 Å². The zero-order valence-corrected chi connectivity index (χ0v) is 12.8. The van der Waals surface area contributed by atoms with Crippen molar-refractivity contribution in [2.24, 2.45) is 0 Å². The summed E-state index contributed by atoms with van der Waals surface area (Å²) in [5.41, 5.74) is 1.06. The average Bonchev–Trinajstić information content (AvgIpc) is 2.83. The molecule has 0 amide bonds. The van der Waals surface area contributed by atoms with Crippen molar-refractivity contribution in [3.05, 3.63) is 35.8 Å². The number of carbonyl (C=O) groups excluding carboxylic acids is 1. The number of ketones is 1. The first kappa shape index (κ1) is 15.7. The minimum atomic E-state index is -4.40. The zero-order valence-electron chi connectivity index (χ0n) is 12.8. The molecule has 0 fully saturated rings. The summed E-state index contributed by atoms with van der Waals surface area (Å²) in [4.78, 5) is 16.3. The van der Waals surface area contributed by atoms with Gasteiger partial charge in [0.2, 0.25) is 0 Å². The average molecular weight is 323 g/mol. The Morgan fingerprint density at radius 2 is 1.91 bits per heavy atom. The highest BCUT2D eigenvalue weighted by Gasteiger charge is 2.41. The van der Waals surface area contributed by atoms with Crippen molar-refractivity contribution in [1.29, 1.82) is 0 Å². The van der Waals surface area contributed by atoms with Gasteiger partial charge in [-0.2, -0.15) is 18.3 Å². The van der Waals surface area contributed by atoms with Gasteiger partial charge in [0.25, 0.3) is 0 Å². The molecule has 0 spiro atoms. The lowest BCUT2D eigenvalue weighted by molar-refractivity contribution is -0.143. The van der Waals surface area contributed by atoms with Crippen molar-refractivity contribution in [2.45, 2.75) is 44.8 Å². The summed E-state index contributed by atoms with van der Waals surface area (Å²) in [6, 6.07) is 3.30. The van der Waals surface area contributed by atoms with Gasteiger partial charge in [0, 0.05) is 29.8 Å². The van der Waals surface area contributed by atoms with Gasteiger partial charge in [-0.1, -0.05) is 13.8 Å². The van der Waals surface area contributed by atoms with Gasteiger partial charge >= 0.3 is 6.18 Å². The molecule has 7 heteroatoms. The van der Waals surface area contributed by atoms with E-state index in [0.717, 1.165) is 4.68 Å². The van der Waals surface area contributed by atoms with E-state index in [9.17, 15) is 18.0 Å². The maximum Gasteiger partial charge on any atom is 0.408 e. The Bertz CT molecular complexity index is 748. The second-order valence-electron chi connectivity index (χ2n) is 6.39. The van der Waals surface area contributed by atoms with Crippen LogP contribution in [0.4, 0.5) is 13.2 Å². The first-order valence-corrected chi connectivity index (χ1v) is 7.31. The van der Waals surface area contributed by atoms with Crippen LogP contribution in [0.2, 0.25) is 0 Å². The molecule has 122 valence electrons. The second kappa shape index (κ2) is 5.18. The number of aromatic nitrogens is 3. The van der Waals surface area contributed by atoms with Gasteiger partial charge in [0.05, 0.1) is 11.3 Å². The van der Waals surface area contributed by atoms with Crippen LogP contribution in [0.3, 0.4) is 0 Å². The van der Waals surface area contributed by atoms with Crippen molar-refractivity contribution < 1.29 is 18.0 Å². The van der Waals surface area contributed by atoms with Gasteiger partial charge in [-0.3, -0.25) is 14.5 Å².